The van der Waals surface area contributed by atoms with Gasteiger partial charge in [0.15, 0.2) is 0 Å². The number of sulfone groups is 1. The van der Waals surface area contributed by atoms with E-state index >= 15 is 0 Å². The van der Waals surface area contributed by atoms with Crippen molar-refractivity contribution in [3.63, 3.8) is 0 Å². The van der Waals surface area contributed by atoms with Crippen LogP contribution in [0.5, 0.6) is 5.75 Å². The molecular formula is C19H12BiF3O3S. The molecule has 0 amide bonds. The Balaban J connectivity index is 2.02. The van der Waals surface area contributed by atoms with E-state index in [2.05, 4.69) is 4.74 Å². The second-order valence-electron chi connectivity index (χ2n) is 5.79. The molecule has 4 rings (SSSR count). The van der Waals surface area contributed by atoms with Crippen LogP contribution in [0.2, 0.25) is 0 Å². The minimum absolute atomic E-state index is 0.184. The van der Waals surface area contributed by atoms with Crippen LogP contribution in [0.1, 0.15) is 0 Å². The number of alkyl halides is 3. The van der Waals surface area contributed by atoms with Gasteiger partial charge in [0.2, 0.25) is 0 Å². The molecule has 0 saturated heterocycles. The van der Waals surface area contributed by atoms with Crippen molar-refractivity contribution >= 4 is 41.4 Å². The van der Waals surface area contributed by atoms with Gasteiger partial charge in [-0.3, -0.25) is 0 Å². The Morgan fingerprint density at radius 1 is 0.704 bits per heavy atom. The Hall–Kier alpha value is -1.92. The normalized spacial score (nSPS) is 15.7. The molecule has 3 aromatic rings. The summed E-state index contributed by atoms with van der Waals surface area (Å²) in [6.07, 6.45) is -4.82. The van der Waals surface area contributed by atoms with Crippen LogP contribution < -0.4 is 14.6 Å². The van der Waals surface area contributed by atoms with Gasteiger partial charge in [-0.05, 0) is 0 Å². The van der Waals surface area contributed by atoms with Gasteiger partial charge in [0.1, 0.15) is 0 Å². The maximum atomic E-state index is 13.0. The first-order chi connectivity index (χ1) is 12.8. The van der Waals surface area contributed by atoms with Crippen LogP contribution in [0.15, 0.2) is 82.6 Å². The van der Waals surface area contributed by atoms with Gasteiger partial charge < -0.3 is 0 Å². The van der Waals surface area contributed by atoms with Crippen LogP contribution in [-0.4, -0.2) is 36.5 Å². The van der Waals surface area contributed by atoms with E-state index < -0.39 is 38.0 Å². The van der Waals surface area contributed by atoms with E-state index in [1.165, 1.54) is 24.3 Å². The van der Waals surface area contributed by atoms with Crippen LogP contribution in [-0.2, 0) is 9.84 Å². The van der Waals surface area contributed by atoms with Crippen molar-refractivity contribution in [2.75, 3.05) is 0 Å². The van der Waals surface area contributed by atoms with Crippen LogP contribution in [0.4, 0.5) is 13.2 Å². The fourth-order valence-corrected chi connectivity index (χ4v) is 18.3. The molecule has 0 aromatic heterocycles. The van der Waals surface area contributed by atoms with Crippen molar-refractivity contribution in [3.05, 3.63) is 72.8 Å². The monoisotopic (exact) mass is 586 g/mol. The Morgan fingerprint density at radius 3 is 1.67 bits per heavy atom. The molecule has 0 spiro atoms. The molecule has 1 aliphatic heterocycles. The maximum absolute atomic E-state index is 13.0. The van der Waals surface area contributed by atoms with E-state index in [0.717, 1.165) is 0 Å². The van der Waals surface area contributed by atoms with Crippen molar-refractivity contribution in [1.82, 2.24) is 0 Å². The number of benzene rings is 3. The molecule has 8 heteroatoms. The van der Waals surface area contributed by atoms with Crippen molar-refractivity contribution in [2.24, 2.45) is 0 Å². The van der Waals surface area contributed by atoms with Crippen LogP contribution in [0.3, 0.4) is 0 Å². The van der Waals surface area contributed by atoms with Crippen molar-refractivity contribution < 1.29 is 26.3 Å². The molecular weight excluding hydrogens is 574 g/mol. The minimum atomic E-state index is -4.82. The molecule has 0 unspecified atom stereocenters. The van der Waals surface area contributed by atoms with Gasteiger partial charge in [0, 0.05) is 0 Å². The summed E-state index contributed by atoms with van der Waals surface area (Å²) in [5.41, 5.74) is 0. The second kappa shape index (κ2) is 6.60. The molecule has 0 fully saturated rings. The van der Waals surface area contributed by atoms with E-state index in [-0.39, 0.29) is 15.5 Å². The van der Waals surface area contributed by atoms with Gasteiger partial charge >= 0.3 is 162 Å². The summed E-state index contributed by atoms with van der Waals surface area (Å²) in [6, 6.07) is 19.2. The summed E-state index contributed by atoms with van der Waals surface area (Å²) in [6.45, 7) is 0. The topological polar surface area (TPSA) is 43.4 Å². The van der Waals surface area contributed by atoms with E-state index in [4.69, 9.17) is 0 Å². The fourth-order valence-electron chi connectivity index (χ4n) is 3.10. The Labute approximate surface area is 162 Å². The quantitative estimate of drug-likeness (QED) is 0.339. The SMILES string of the molecule is O=S1(=O)c2cccc[c]2[Bi]([c]2ccccc2OC(F)(F)F)[c]2ccccc21. The first kappa shape index (κ1) is 18.4. The first-order valence-electron chi connectivity index (χ1n) is 7.87. The molecule has 1 aliphatic rings. The molecule has 0 N–H and O–H groups in total. The first-order valence-corrected chi connectivity index (χ1v) is 14.6. The summed E-state index contributed by atoms with van der Waals surface area (Å²) in [5, 5.41) is 0. The molecule has 0 radical (unpaired) electrons. The standard InChI is InChI=1S/C12H8O2S.C7H4F3O.Bi/c13-15(14,11-7-3-1-4-8-11)12-9-5-2-6-10-12;8-7(9,10)11-6-4-2-1-3-5-6;/h1-7,9H;1-4H;. The second-order valence-corrected chi connectivity index (χ2v) is 15.9. The zero-order chi connectivity index (χ0) is 19.2. The van der Waals surface area contributed by atoms with Gasteiger partial charge in [0.25, 0.3) is 0 Å². The zero-order valence-corrected chi connectivity index (χ0v) is 17.9. The van der Waals surface area contributed by atoms with Gasteiger partial charge in [-0.1, -0.05) is 0 Å². The Morgan fingerprint density at radius 2 is 1.15 bits per heavy atom. The zero-order valence-electron chi connectivity index (χ0n) is 13.6. The van der Waals surface area contributed by atoms with E-state index in [9.17, 15) is 21.6 Å². The molecule has 0 bridgehead atoms. The Kier molecular flexibility index (Phi) is 4.51. The fraction of sp³-hybridized carbons (Fsp3) is 0.0526. The number of ether oxygens (including phenoxy) is 1. The van der Waals surface area contributed by atoms with Crippen molar-refractivity contribution in [2.45, 2.75) is 16.2 Å². The number of rotatable bonds is 2. The number of fused-ring (bicyclic) bond motifs is 2. The molecule has 27 heavy (non-hydrogen) atoms. The van der Waals surface area contributed by atoms with Crippen LogP contribution in [0.25, 0.3) is 0 Å². The molecule has 0 aliphatic carbocycles. The molecule has 3 aromatic carbocycles. The summed E-state index contributed by atoms with van der Waals surface area (Å²) >= 11 is -3.33. The summed E-state index contributed by atoms with van der Waals surface area (Å²) in [7, 11) is -3.70. The third-order valence-corrected chi connectivity index (χ3v) is 17.3. The number of halogens is 3. The Bertz CT molecular complexity index is 1070. The molecule has 0 saturated carbocycles. The molecule has 138 valence electrons. The van der Waals surface area contributed by atoms with Crippen LogP contribution >= 0.6 is 0 Å². The number of para-hydroxylation sites is 1. The predicted octanol–water partition coefficient (Wildman–Crippen LogP) is 2.25. The van der Waals surface area contributed by atoms with E-state index in [1.54, 1.807) is 48.5 Å². The van der Waals surface area contributed by atoms with Crippen molar-refractivity contribution in [3.8, 4) is 5.75 Å². The summed E-state index contributed by atoms with van der Waals surface area (Å²) in [4.78, 5) is 0.367. The average Bonchev–Trinajstić information content (AvgIpc) is 2.62. The third-order valence-electron chi connectivity index (χ3n) is 4.12. The summed E-state index contributed by atoms with van der Waals surface area (Å²) in [5.74, 6) is -0.258. The molecule has 3 nitrogen and oxygen atoms in total. The molecule has 1 heterocycles. The third kappa shape index (κ3) is 3.25. The summed E-state index contributed by atoms with van der Waals surface area (Å²) < 4.78 is 70.7. The van der Waals surface area contributed by atoms with Crippen molar-refractivity contribution in [1.29, 1.82) is 0 Å². The number of hydrogen-bond donors (Lipinski definition) is 0. The van der Waals surface area contributed by atoms with Gasteiger partial charge in [-0.25, -0.2) is 0 Å². The van der Waals surface area contributed by atoms with Gasteiger partial charge in [-0.2, -0.15) is 0 Å². The van der Waals surface area contributed by atoms with Crippen LogP contribution in [0, 0.1) is 0 Å². The molecule has 0 atom stereocenters. The number of hydrogen-bond acceptors (Lipinski definition) is 3. The van der Waals surface area contributed by atoms with E-state index in [1.807, 2.05) is 0 Å². The predicted molar refractivity (Wildman–Crippen MR) is 96.1 cm³/mol. The van der Waals surface area contributed by atoms with E-state index in [0.29, 0.717) is 9.81 Å². The van der Waals surface area contributed by atoms with Gasteiger partial charge in [-0.15, -0.1) is 0 Å². The average molecular weight is 586 g/mol. The van der Waals surface area contributed by atoms with Gasteiger partial charge in [0.05, 0.1) is 0 Å².